The molecule has 0 saturated carbocycles. The Bertz CT molecular complexity index is 1150. The predicted molar refractivity (Wildman–Crippen MR) is 163 cm³/mol. The van der Waals surface area contributed by atoms with Gasteiger partial charge in [0.25, 0.3) is 0 Å². The van der Waals surface area contributed by atoms with E-state index in [1.807, 2.05) is 29.2 Å². The molecule has 0 aliphatic carbocycles. The molecule has 1 atom stereocenters. The highest BCUT2D eigenvalue weighted by Gasteiger charge is 2.35. The Labute approximate surface area is 236 Å². The number of unbranched alkanes of at least 4 members (excludes halogenated alkanes) is 13. The number of carbonyl (C=O) groups is 1. The number of fused-ring (bicyclic) bond motifs is 1. The molecular weight excluding hydrogens is 482 g/mol. The number of rotatable bonds is 18. The maximum atomic E-state index is 13.0. The van der Waals surface area contributed by atoms with Crippen LogP contribution in [0.15, 0.2) is 48.5 Å². The lowest BCUT2D eigenvalue weighted by Crippen LogP contribution is -2.24. The zero-order chi connectivity index (χ0) is 27.3. The number of para-hydroxylation sites is 2. The van der Waals surface area contributed by atoms with Gasteiger partial charge in [0, 0.05) is 37.2 Å². The SMILES string of the molecule is CCCCCCCCCCCCCCCCn1c([C@@H]2CC(=O)N(c3cccc(OC)c3)C2)nc2ccccc21. The molecule has 0 bridgehead atoms. The van der Waals surface area contributed by atoms with Crippen LogP contribution in [-0.4, -0.2) is 29.1 Å². The molecule has 0 spiro atoms. The first-order chi connectivity index (χ1) is 19.2. The highest BCUT2D eigenvalue weighted by Crippen LogP contribution is 2.34. The lowest BCUT2D eigenvalue weighted by atomic mass is 10.0. The van der Waals surface area contributed by atoms with E-state index < -0.39 is 0 Å². The number of anilines is 1. The highest BCUT2D eigenvalue weighted by molar-refractivity contribution is 5.96. The van der Waals surface area contributed by atoms with Gasteiger partial charge in [-0.2, -0.15) is 0 Å². The minimum atomic E-state index is 0.0998. The molecule has 2 heterocycles. The summed E-state index contributed by atoms with van der Waals surface area (Å²) in [6.07, 6.45) is 19.6. The van der Waals surface area contributed by atoms with Crippen molar-refractivity contribution in [2.75, 3.05) is 18.6 Å². The van der Waals surface area contributed by atoms with Gasteiger partial charge >= 0.3 is 0 Å². The lowest BCUT2D eigenvalue weighted by molar-refractivity contribution is -0.117. The van der Waals surface area contributed by atoms with Crippen molar-refractivity contribution in [1.29, 1.82) is 0 Å². The van der Waals surface area contributed by atoms with Crippen molar-refractivity contribution in [1.82, 2.24) is 9.55 Å². The molecule has 1 fully saturated rings. The van der Waals surface area contributed by atoms with Crippen molar-refractivity contribution in [3.8, 4) is 5.75 Å². The van der Waals surface area contributed by atoms with E-state index in [1.165, 1.54) is 89.0 Å². The van der Waals surface area contributed by atoms with Gasteiger partial charge < -0.3 is 14.2 Å². The third-order valence-electron chi connectivity index (χ3n) is 8.27. The Morgan fingerprint density at radius 2 is 1.46 bits per heavy atom. The number of imidazole rings is 1. The van der Waals surface area contributed by atoms with Crippen LogP contribution in [0.4, 0.5) is 5.69 Å². The first-order valence-corrected chi connectivity index (χ1v) is 15.6. The largest absolute Gasteiger partial charge is 0.497 e. The molecule has 4 rings (SSSR count). The van der Waals surface area contributed by atoms with Gasteiger partial charge in [0.1, 0.15) is 11.6 Å². The Morgan fingerprint density at radius 3 is 2.13 bits per heavy atom. The van der Waals surface area contributed by atoms with E-state index >= 15 is 0 Å². The first-order valence-electron chi connectivity index (χ1n) is 15.6. The van der Waals surface area contributed by atoms with Crippen molar-refractivity contribution in [2.45, 2.75) is 116 Å². The molecule has 5 nitrogen and oxygen atoms in total. The van der Waals surface area contributed by atoms with Gasteiger partial charge in [0.15, 0.2) is 0 Å². The van der Waals surface area contributed by atoms with E-state index in [1.54, 1.807) is 7.11 Å². The van der Waals surface area contributed by atoms with Gasteiger partial charge in [-0.05, 0) is 30.7 Å². The van der Waals surface area contributed by atoms with Crippen LogP contribution in [-0.2, 0) is 11.3 Å². The average molecular weight is 532 g/mol. The van der Waals surface area contributed by atoms with Crippen LogP contribution < -0.4 is 9.64 Å². The average Bonchev–Trinajstić information content (AvgIpc) is 3.53. The Hall–Kier alpha value is -2.82. The zero-order valence-corrected chi connectivity index (χ0v) is 24.4. The van der Waals surface area contributed by atoms with Crippen molar-refractivity contribution < 1.29 is 9.53 Å². The first kappa shape index (κ1) is 29.2. The van der Waals surface area contributed by atoms with Crippen LogP contribution in [0, 0.1) is 0 Å². The van der Waals surface area contributed by atoms with E-state index in [9.17, 15) is 4.79 Å². The fourth-order valence-corrected chi connectivity index (χ4v) is 6.01. The zero-order valence-electron chi connectivity index (χ0n) is 24.4. The van der Waals surface area contributed by atoms with E-state index in [2.05, 4.69) is 35.8 Å². The second-order valence-corrected chi connectivity index (χ2v) is 11.3. The van der Waals surface area contributed by atoms with Gasteiger partial charge in [-0.15, -0.1) is 0 Å². The topological polar surface area (TPSA) is 47.4 Å². The summed E-state index contributed by atoms with van der Waals surface area (Å²) in [5.41, 5.74) is 3.12. The van der Waals surface area contributed by atoms with E-state index in [0.717, 1.165) is 35.7 Å². The molecule has 0 radical (unpaired) electrons. The second-order valence-electron chi connectivity index (χ2n) is 11.3. The molecule has 1 saturated heterocycles. The summed E-state index contributed by atoms with van der Waals surface area (Å²) in [6, 6.07) is 16.2. The quantitative estimate of drug-likeness (QED) is 0.154. The van der Waals surface area contributed by atoms with Gasteiger partial charge in [0.05, 0.1) is 18.1 Å². The number of amides is 1. The van der Waals surface area contributed by atoms with E-state index in [0.29, 0.717) is 13.0 Å². The second kappa shape index (κ2) is 15.7. The van der Waals surface area contributed by atoms with Crippen molar-refractivity contribution in [3.05, 3.63) is 54.4 Å². The number of hydrogen-bond donors (Lipinski definition) is 0. The third-order valence-corrected chi connectivity index (χ3v) is 8.27. The standard InChI is InChI=1S/C34H49N3O2/c1-3-4-5-6-7-8-9-10-11-12-13-14-15-18-24-36-32-23-17-16-22-31(32)35-34(36)28-25-33(38)37(27-28)29-20-19-21-30(26-29)39-2/h16-17,19-23,26,28H,3-15,18,24-25,27H2,1-2H3/t28-/m1/s1. The summed E-state index contributed by atoms with van der Waals surface area (Å²) < 4.78 is 7.77. The van der Waals surface area contributed by atoms with Gasteiger partial charge in [-0.3, -0.25) is 4.79 Å². The van der Waals surface area contributed by atoms with Gasteiger partial charge in [-0.1, -0.05) is 109 Å². The number of methoxy groups -OCH3 is 1. The maximum absolute atomic E-state index is 13.0. The Morgan fingerprint density at radius 1 is 0.821 bits per heavy atom. The molecule has 5 heteroatoms. The van der Waals surface area contributed by atoms with Crippen LogP contribution in [0.25, 0.3) is 11.0 Å². The number of aryl methyl sites for hydroxylation is 1. The molecule has 0 unspecified atom stereocenters. The van der Waals surface area contributed by atoms with Gasteiger partial charge in [-0.25, -0.2) is 4.98 Å². The third kappa shape index (κ3) is 8.33. The van der Waals surface area contributed by atoms with Gasteiger partial charge in [0.2, 0.25) is 5.91 Å². The monoisotopic (exact) mass is 531 g/mol. The van der Waals surface area contributed by atoms with E-state index in [-0.39, 0.29) is 11.8 Å². The van der Waals surface area contributed by atoms with Crippen LogP contribution in [0.2, 0.25) is 0 Å². The van der Waals surface area contributed by atoms with E-state index in [4.69, 9.17) is 9.72 Å². The Kier molecular flexibility index (Phi) is 11.7. The van der Waals surface area contributed by atoms with Crippen LogP contribution in [0.3, 0.4) is 0 Å². The van der Waals surface area contributed by atoms with Crippen LogP contribution in [0.5, 0.6) is 5.75 Å². The molecule has 1 amide bonds. The number of aromatic nitrogens is 2. The summed E-state index contributed by atoms with van der Waals surface area (Å²) in [5, 5.41) is 0. The highest BCUT2D eigenvalue weighted by atomic mass is 16.5. The summed E-state index contributed by atoms with van der Waals surface area (Å²) in [7, 11) is 1.66. The Balaban J connectivity index is 1.23. The maximum Gasteiger partial charge on any atom is 0.227 e. The fourth-order valence-electron chi connectivity index (χ4n) is 6.01. The van der Waals surface area contributed by atoms with Crippen LogP contribution >= 0.6 is 0 Å². The summed E-state index contributed by atoms with van der Waals surface area (Å²) in [4.78, 5) is 20.0. The molecule has 212 valence electrons. The number of carbonyl (C=O) groups excluding carboxylic acids is 1. The number of hydrogen-bond acceptors (Lipinski definition) is 3. The lowest BCUT2D eigenvalue weighted by Gasteiger charge is -2.18. The summed E-state index contributed by atoms with van der Waals surface area (Å²) >= 11 is 0. The number of nitrogens with zero attached hydrogens (tertiary/aromatic N) is 3. The van der Waals surface area contributed by atoms with Crippen molar-refractivity contribution in [3.63, 3.8) is 0 Å². The predicted octanol–water partition coefficient (Wildman–Crippen LogP) is 9.05. The fraction of sp³-hybridized carbons (Fsp3) is 0.588. The normalized spacial score (nSPS) is 15.5. The minimum Gasteiger partial charge on any atom is -0.497 e. The minimum absolute atomic E-state index is 0.0998. The molecule has 1 aliphatic rings. The smallest absolute Gasteiger partial charge is 0.227 e. The molecule has 1 aromatic heterocycles. The molecular formula is C34H49N3O2. The number of benzene rings is 2. The van der Waals surface area contributed by atoms with Crippen LogP contribution in [0.1, 0.15) is 115 Å². The molecule has 1 aliphatic heterocycles. The summed E-state index contributed by atoms with van der Waals surface area (Å²) in [5.74, 6) is 2.09. The molecule has 0 N–H and O–H groups in total. The molecule has 3 aromatic rings. The number of ether oxygens (including phenoxy) is 1. The summed E-state index contributed by atoms with van der Waals surface area (Å²) in [6.45, 7) is 3.92. The molecule has 2 aromatic carbocycles. The molecule has 39 heavy (non-hydrogen) atoms. The van der Waals surface area contributed by atoms with Crippen molar-refractivity contribution >= 4 is 22.6 Å². The van der Waals surface area contributed by atoms with Crippen molar-refractivity contribution in [2.24, 2.45) is 0 Å².